The van der Waals surface area contributed by atoms with Crippen LogP contribution in [0.4, 0.5) is 4.79 Å². The van der Waals surface area contributed by atoms with Crippen molar-refractivity contribution in [3.05, 3.63) is 36.5 Å². The van der Waals surface area contributed by atoms with E-state index in [1.165, 1.54) is 14.0 Å². The molecule has 0 saturated carbocycles. The zero-order chi connectivity index (χ0) is 44.3. The van der Waals surface area contributed by atoms with Crippen molar-refractivity contribution in [3.63, 3.8) is 0 Å². The lowest BCUT2D eigenvalue weighted by Crippen LogP contribution is -2.61. The number of hydrogen-bond acceptors (Lipinski definition) is 13. The van der Waals surface area contributed by atoms with Crippen LogP contribution >= 0.6 is 0 Å². The Morgan fingerprint density at radius 1 is 1.02 bits per heavy atom. The lowest BCUT2D eigenvalue weighted by Gasteiger charge is -2.47. The number of carbonyl (C=O) groups is 4. The third kappa shape index (κ3) is 9.35. The molecule has 5 rings (SSSR count). The highest BCUT2D eigenvalue weighted by atomic mass is 16.7. The molecule has 13 atom stereocenters. The maximum absolute atomic E-state index is 14.9. The average molecular weight is 840 g/mol. The molecule has 3 aliphatic rings. The van der Waals surface area contributed by atoms with E-state index < -0.39 is 83.4 Å². The number of imidazole rings is 1. The molecular formula is C45H69N5O10. The first-order valence-electron chi connectivity index (χ1n) is 21.8. The summed E-state index contributed by atoms with van der Waals surface area (Å²) >= 11 is 0. The number of rotatable bonds is 12. The van der Waals surface area contributed by atoms with Crippen LogP contribution in [0.5, 0.6) is 0 Å². The van der Waals surface area contributed by atoms with Gasteiger partial charge in [-0.2, -0.15) is 0 Å². The van der Waals surface area contributed by atoms with Crippen LogP contribution in [-0.2, 0) is 44.6 Å². The van der Waals surface area contributed by atoms with E-state index in [0.29, 0.717) is 32.4 Å². The van der Waals surface area contributed by atoms with Gasteiger partial charge < -0.3 is 43.2 Å². The molecule has 334 valence electrons. The molecule has 3 saturated heterocycles. The van der Waals surface area contributed by atoms with Gasteiger partial charge in [-0.15, -0.1) is 0 Å². The van der Waals surface area contributed by atoms with E-state index in [1.54, 1.807) is 31.1 Å². The van der Waals surface area contributed by atoms with Crippen molar-refractivity contribution in [2.75, 3.05) is 27.7 Å². The Labute approximate surface area is 355 Å². The lowest BCUT2D eigenvalue weighted by molar-refractivity contribution is -0.295. The Hall–Kier alpha value is -3.76. The quantitative estimate of drug-likeness (QED) is 0.159. The predicted octanol–water partition coefficient (Wildman–Crippen LogP) is 5.63. The standard InChI is InChI=1S/C45H69N5O10/c1-13-34-45(14-2)39(50(43(55)60-45)21-16-15-20-49-25-47-35(31(49)8)32-18-17-19-46-24-32)28(5)36(51)26(3)23-44(9,56-12)40(29(6)37(52)30(7)41(54)58-34)59-42-38(53)33(48(10)11)22-27(4)57-42/h17-19,24-30,33-34,38-40,42,53H,13-16,20-23H2,1-12H3/t26-,27-,28+,29+,30-,33+,34-,38-,39-,40-,42?,44+,45-/m1/s1. The minimum absolute atomic E-state index is 0.131. The number of nitrogens with zero attached hydrogens (tertiary/aromatic N) is 5. The zero-order valence-electron chi connectivity index (χ0n) is 37.8. The molecule has 1 amide bonds. The molecule has 2 aromatic heterocycles. The van der Waals surface area contributed by atoms with Gasteiger partial charge in [0.15, 0.2) is 17.7 Å². The molecule has 1 unspecified atom stereocenters. The van der Waals surface area contributed by atoms with Crippen LogP contribution in [0.2, 0.25) is 0 Å². The summed E-state index contributed by atoms with van der Waals surface area (Å²) < 4.78 is 33.6. The van der Waals surface area contributed by atoms with E-state index in [4.69, 9.17) is 23.7 Å². The summed E-state index contributed by atoms with van der Waals surface area (Å²) in [6, 6.07) is 2.79. The molecule has 0 spiro atoms. The predicted molar refractivity (Wildman–Crippen MR) is 224 cm³/mol. The number of aliphatic hydroxyl groups is 1. The highest BCUT2D eigenvalue weighted by Crippen LogP contribution is 2.45. The summed E-state index contributed by atoms with van der Waals surface area (Å²) in [5, 5.41) is 11.5. The molecule has 15 heteroatoms. The highest BCUT2D eigenvalue weighted by Gasteiger charge is 2.62. The van der Waals surface area contributed by atoms with Crippen molar-refractivity contribution in [2.24, 2.45) is 23.7 Å². The first-order chi connectivity index (χ1) is 28.3. The van der Waals surface area contributed by atoms with Crippen LogP contribution in [0.1, 0.15) is 99.6 Å². The average Bonchev–Trinajstić information content (AvgIpc) is 3.75. The third-order valence-electron chi connectivity index (χ3n) is 13.6. The zero-order valence-corrected chi connectivity index (χ0v) is 37.8. The Balaban J connectivity index is 1.46. The molecule has 15 nitrogen and oxygen atoms in total. The number of esters is 1. The number of fused-ring (bicyclic) bond motifs is 1. The van der Waals surface area contributed by atoms with Gasteiger partial charge in [0.05, 0.1) is 35.9 Å². The molecule has 0 aromatic carbocycles. The Kier molecular flexibility index (Phi) is 15.4. The van der Waals surface area contributed by atoms with Crippen LogP contribution in [0.15, 0.2) is 30.9 Å². The maximum atomic E-state index is 14.9. The second kappa shape index (κ2) is 19.5. The maximum Gasteiger partial charge on any atom is 0.410 e. The molecule has 3 fully saturated rings. The number of ether oxygens (including phenoxy) is 5. The van der Waals surface area contributed by atoms with Crippen molar-refractivity contribution in [2.45, 2.75) is 161 Å². The number of carbonyl (C=O) groups excluding carboxylic acids is 4. The molecule has 0 aliphatic carbocycles. The van der Waals surface area contributed by atoms with Crippen LogP contribution in [-0.4, -0.2) is 135 Å². The number of hydrogen-bond donors (Lipinski definition) is 1. The van der Waals surface area contributed by atoms with Crippen molar-refractivity contribution in [1.82, 2.24) is 24.3 Å². The lowest BCUT2D eigenvalue weighted by atomic mass is 9.72. The Morgan fingerprint density at radius 3 is 2.33 bits per heavy atom. The molecule has 3 aliphatic heterocycles. The first-order valence-corrected chi connectivity index (χ1v) is 21.8. The number of ketones is 2. The second-order valence-electron chi connectivity index (χ2n) is 17.8. The Morgan fingerprint density at radius 2 is 1.72 bits per heavy atom. The summed E-state index contributed by atoms with van der Waals surface area (Å²) in [5.74, 6) is -4.93. The smallest absolute Gasteiger partial charge is 0.410 e. The first kappa shape index (κ1) is 47.3. The number of methoxy groups -OCH3 is 1. The second-order valence-corrected chi connectivity index (χ2v) is 17.8. The van der Waals surface area contributed by atoms with Gasteiger partial charge in [-0.3, -0.25) is 19.4 Å². The van der Waals surface area contributed by atoms with Crippen LogP contribution in [0, 0.1) is 30.6 Å². The number of pyridine rings is 1. The van der Waals surface area contributed by atoms with Crippen molar-refractivity contribution >= 4 is 23.6 Å². The molecule has 0 bridgehead atoms. The van der Waals surface area contributed by atoms with Crippen molar-refractivity contribution < 1.29 is 48.0 Å². The summed E-state index contributed by atoms with van der Waals surface area (Å²) in [4.78, 5) is 69.8. The van der Waals surface area contributed by atoms with E-state index in [9.17, 15) is 24.3 Å². The fraction of sp³-hybridized carbons (Fsp3) is 0.733. The molecular weight excluding hydrogens is 771 g/mol. The van der Waals surface area contributed by atoms with Gasteiger partial charge in [-0.1, -0.05) is 34.6 Å². The van der Waals surface area contributed by atoms with Crippen LogP contribution in [0.3, 0.4) is 0 Å². The van der Waals surface area contributed by atoms with Gasteiger partial charge in [-0.25, -0.2) is 9.78 Å². The number of aryl methyl sites for hydroxylation is 1. The number of amides is 1. The molecule has 1 N–H and O–H groups in total. The van der Waals surface area contributed by atoms with Gasteiger partial charge in [0.2, 0.25) is 0 Å². The summed E-state index contributed by atoms with van der Waals surface area (Å²) in [6.45, 7) is 17.2. The topological polar surface area (TPSA) is 172 Å². The van der Waals surface area contributed by atoms with Crippen LogP contribution in [0.25, 0.3) is 11.3 Å². The highest BCUT2D eigenvalue weighted by molar-refractivity contribution is 6.00. The number of cyclic esters (lactones) is 1. The van der Waals surface area contributed by atoms with E-state index in [-0.39, 0.29) is 37.2 Å². The Bertz CT molecular complexity index is 1810. The molecule has 60 heavy (non-hydrogen) atoms. The molecule has 2 aromatic rings. The van der Waals surface area contributed by atoms with Crippen molar-refractivity contribution in [3.8, 4) is 11.3 Å². The summed E-state index contributed by atoms with van der Waals surface area (Å²) in [6.07, 6.45) is 2.88. The van der Waals surface area contributed by atoms with Gasteiger partial charge in [0, 0.05) is 67.6 Å². The minimum atomic E-state index is -1.36. The van der Waals surface area contributed by atoms with Gasteiger partial charge in [-0.05, 0) is 92.4 Å². The number of unbranched alkanes of at least 4 members (excludes halogenated alkanes) is 1. The fourth-order valence-electron chi connectivity index (χ4n) is 10.0. The largest absolute Gasteiger partial charge is 0.457 e. The van der Waals surface area contributed by atoms with Gasteiger partial charge in [0.1, 0.15) is 23.9 Å². The summed E-state index contributed by atoms with van der Waals surface area (Å²) in [7, 11) is 5.25. The fourth-order valence-corrected chi connectivity index (χ4v) is 10.0. The monoisotopic (exact) mass is 840 g/mol. The van der Waals surface area contributed by atoms with E-state index >= 15 is 0 Å². The number of aromatic nitrogens is 3. The van der Waals surface area contributed by atoms with Crippen LogP contribution < -0.4 is 0 Å². The number of likely N-dealkylation sites (N-methyl/N-ethyl adjacent to an activating group) is 1. The summed E-state index contributed by atoms with van der Waals surface area (Å²) in [5.41, 5.74) is 0.170. The van der Waals surface area contributed by atoms with E-state index in [2.05, 4.69) is 14.5 Å². The van der Waals surface area contributed by atoms with Gasteiger partial charge in [0.25, 0.3) is 0 Å². The van der Waals surface area contributed by atoms with Gasteiger partial charge >= 0.3 is 12.1 Å². The third-order valence-corrected chi connectivity index (χ3v) is 13.6. The number of Topliss-reactive ketones (excluding diaryl/α,β-unsaturated/α-hetero) is 2. The normalized spacial score (nSPS) is 35.9. The number of aliphatic hydroxyl groups excluding tert-OH is 1. The SMILES string of the molecule is CC[C@H]1OC(=O)[C@H](C)C(=O)[C@H](C)[C@@H](OC2O[C@H](C)C[C@H](N(C)C)[C@H]2O)[C@@](C)(OC)C[C@@H](C)C(=O)[C@H](C)[C@H]2N(CCCCn3cnc(-c4cccnc4)c3C)C(=O)O[C@]12CC. The van der Waals surface area contributed by atoms with Crippen molar-refractivity contribution in [1.29, 1.82) is 0 Å². The van der Waals surface area contributed by atoms with E-state index in [1.807, 2.05) is 79.0 Å². The molecule has 0 radical (unpaired) electrons. The minimum Gasteiger partial charge on any atom is -0.457 e. The van der Waals surface area contributed by atoms with E-state index in [0.717, 1.165) is 17.0 Å². The molecule has 5 heterocycles.